The second kappa shape index (κ2) is 10.8. The van der Waals surface area contributed by atoms with Crippen LogP contribution in [-0.2, 0) is 16.3 Å². The van der Waals surface area contributed by atoms with Crippen molar-refractivity contribution in [1.82, 2.24) is 9.80 Å². The van der Waals surface area contributed by atoms with Crippen molar-refractivity contribution in [2.45, 2.75) is 68.8 Å². The van der Waals surface area contributed by atoms with Gasteiger partial charge in [0.15, 0.2) is 0 Å². The molecule has 1 aromatic carbocycles. The summed E-state index contributed by atoms with van der Waals surface area (Å²) < 4.78 is 60.9. The van der Waals surface area contributed by atoms with Crippen LogP contribution in [0.3, 0.4) is 0 Å². The minimum Gasteiger partial charge on any atom is -0.303 e. The Hall–Kier alpha value is -1.12. The van der Waals surface area contributed by atoms with Gasteiger partial charge in [0.25, 0.3) is 9.84 Å². The molecule has 1 aliphatic heterocycles. The SMILES string of the molecule is CCN(CCCN1CCCCCC1)C(C)Cc1ccc(S(=O)(=O)C(F)(F)F)cc1. The predicted octanol–water partition coefficient (Wildman–Crippen LogP) is 4.50. The van der Waals surface area contributed by atoms with Crippen LogP contribution in [0.1, 0.15) is 51.5 Å². The maximum absolute atomic E-state index is 12.7. The molecule has 4 nitrogen and oxygen atoms in total. The van der Waals surface area contributed by atoms with Gasteiger partial charge in [0.05, 0.1) is 4.90 Å². The van der Waals surface area contributed by atoms with E-state index >= 15 is 0 Å². The molecule has 8 heteroatoms. The molecule has 0 bridgehead atoms. The van der Waals surface area contributed by atoms with Crippen LogP contribution in [-0.4, -0.2) is 62.5 Å². The Morgan fingerprint density at radius 2 is 1.66 bits per heavy atom. The summed E-state index contributed by atoms with van der Waals surface area (Å²) in [6, 6.07) is 5.32. The fraction of sp³-hybridized carbons (Fsp3) is 0.714. The Labute approximate surface area is 173 Å². The summed E-state index contributed by atoms with van der Waals surface area (Å²) in [7, 11) is -5.28. The van der Waals surface area contributed by atoms with Crippen molar-refractivity contribution in [3.63, 3.8) is 0 Å². The standard InChI is InChI=1S/C21H33F3N2O2S/c1-3-26(16-8-15-25-13-6-4-5-7-14-25)18(2)17-19-9-11-20(12-10-19)29(27,28)21(22,23)24/h9-12,18H,3-8,13-17H2,1-2H3. The predicted molar refractivity (Wildman–Crippen MR) is 110 cm³/mol. The third-order valence-electron chi connectivity index (χ3n) is 5.72. The molecule has 1 aliphatic rings. The quantitative estimate of drug-likeness (QED) is 0.574. The first-order valence-corrected chi connectivity index (χ1v) is 12.0. The number of benzene rings is 1. The van der Waals surface area contributed by atoms with Gasteiger partial charge in [0.1, 0.15) is 0 Å². The van der Waals surface area contributed by atoms with E-state index < -0.39 is 20.2 Å². The van der Waals surface area contributed by atoms with E-state index in [1.54, 1.807) is 0 Å². The molecule has 166 valence electrons. The summed E-state index contributed by atoms with van der Waals surface area (Å²) in [6.45, 7) is 9.59. The Kier molecular flexibility index (Phi) is 8.97. The zero-order valence-electron chi connectivity index (χ0n) is 17.4. The maximum atomic E-state index is 12.7. The van der Waals surface area contributed by atoms with Crippen LogP contribution in [0.4, 0.5) is 13.2 Å². The smallest absolute Gasteiger partial charge is 0.303 e. The van der Waals surface area contributed by atoms with Gasteiger partial charge in [-0.05, 0) is 83.0 Å². The lowest BCUT2D eigenvalue weighted by molar-refractivity contribution is -0.0436. The highest BCUT2D eigenvalue weighted by Crippen LogP contribution is 2.30. The van der Waals surface area contributed by atoms with Crippen LogP contribution in [0.2, 0.25) is 0 Å². The number of sulfone groups is 1. The third kappa shape index (κ3) is 6.96. The number of alkyl halides is 3. The Morgan fingerprint density at radius 3 is 2.17 bits per heavy atom. The van der Waals surface area contributed by atoms with Crippen LogP contribution < -0.4 is 0 Å². The molecule has 0 saturated carbocycles. The average molecular weight is 435 g/mol. The molecular weight excluding hydrogens is 401 g/mol. The third-order valence-corrected chi connectivity index (χ3v) is 7.22. The van der Waals surface area contributed by atoms with E-state index in [-0.39, 0.29) is 6.04 Å². The van der Waals surface area contributed by atoms with Crippen molar-refractivity contribution in [3.05, 3.63) is 29.8 Å². The van der Waals surface area contributed by atoms with E-state index in [0.717, 1.165) is 43.8 Å². The molecule has 1 saturated heterocycles. The summed E-state index contributed by atoms with van der Waals surface area (Å²) in [4.78, 5) is 4.22. The molecule has 1 unspecified atom stereocenters. The molecule has 0 spiro atoms. The molecule has 2 rings (SSSR count). The summed E-state index contributed by atoms with van der Waals surface area (Å²) in [5, 5.41) is 0. The Bertz CT molecular complexity index is 712. The highest BCUT2D eigenvalue weighted by atomic mass is 32.2. The number of likely N-dealkylation sites (tertiary alicyclic amines) is 1. The molecular formula is C21H33F3N2O2S. The first kappa shape index (κ1) is 24.2. The van der Waals surface area contributed by atoms with Gasteiger partial charge >= 0.3 is 5.51 Å². The lowest BCUT2D eigenvalue weighted by atomic mass is 10.1. The van der Waals surface area contributed by atoms with Crippen LogP contribution >= 0.6 is 0 Å². The van der Waals surface area contributed by atoms with E-state index in [9.17, 15) is 21.6 Å². The van der Waals surface area contributed by atoms with E-state index in [1.807, 2.05) is 0 Å². The highest BCUT2D eigenvalue weighted by molar-refractivity contribution is 7.92. The van der Waals surface area contributed by atoms with Gasteiger partial charge in [-0.1, -0.05) is 31.9 Å². The zero-order valence-corrected chi connectivity index (χ0v) is 18.2. The maximum Gasteiger partial charge on any atom is 0.501 e. The Balaban J connectivity index is 1.87. The minimum atomic E-state index is -5.28. The second-order valence-electron chi connectivity index (χ2n) is 7.88. The van der Waals surface area contributed by atoms with Gasteiger partial charge in [-0.15, -0.1) is 0 Å². The number of rotatable bonds is 9. The molecule has 29 heavy (non-hydrogen) atoms. The minimum absolute atomic E-state index is 0.231. The van der Waals surface area contributed by atoms with E-state index in [2.05, 4.69) is 23.6 Å². The van der Waals surface area contributed by atoms with Crippen molar-refractivity contribution in [3.8, 4) is 0 Å². The number of halogens is 3. The molecule has 1 fully saturated rings. The molecule has 1 aromatic rings. The van der Waals surface area contributed by atoms with E-state index in [1.165, 1.54) is 50.9 Å². The molecule has 0 aromatic heterocycles. The van der Waals surface area contributed by atoms with Crippen LogP contribution in [0.15, 0.2) is 29.2 Å². The lowest BCUT2D eigenvalue weighted by Crippen LogP contribution is -2.37. The van der Waals surface area contributed by atoms with Crippen molar-refractivity contribution >= 4 is 9.84 Å². The summed E-state index contributed by atoms with van der Waals surface area (Å²) >= 11 is 0. The van der Waals surface area contributed by atoms with Gasteiger partial charge < -0.3 is 9.80 Å². The van der Waals surface area contributed by atoms with Gasteiger partial charge in [-0.25, -0.2) is 8.42 Å². The molecule has 0 amide bonds. The van der Waals surface area contributed by atoms with Gasteiger partial charge in [0.2, 0.25) is 0 Å². The normalized spacial score (nSPS) is 18.0. The number of hydrogen-bond donors (Lipinski definition) is 0. The first-order chi connectivity index (χ1) is 13.6. The summed E-state index contributed by atoms with van der Waals surface area (Å²) in [5.41, 5.74) is -4.43. The molecule has 0 N–H and O–H groups in total. The van der Waals surface area contributed by atoms with Crippen LogP contribution in [0.5, 0.6) is 0 Å². The van der Waals surface area contributed by atoms with Gasteiger partial charge in [-0.2, -0.15) is 13.2 Å². The largest absolute Gasteiger partial charge is 0.501 e. The molecule has 1 atom stereocenters. The number of likely N-dealkylation sites (N-methyl/N-ethyl adjacent to an activating group) is 1. The topological polar surface area (TPSA) is 40.6 Å². The fourth-order valence-corrected chi connectivity index (χ4v) is 4.72. The van der Waals surface area contributed by atoms with Crippen LogP contribution in [0, 0.1) is 0 Å². The number of nitrogens with zero attached hydrogens (tertiary/aromatic N) is 2. The summed E-state index contributed by atoms with van der Waals surface area (Å²) in [5.74, 6) is 0. The summed E-state index contributed by atoms with van der Waals surface area (Å²) in [6.07, 6.45) is 7.00. The highest BCUT2D eigenvalue weighted by Gasteiger charge is 2.46. The molecule has 0 aliphatic carbocycles. The van der Waals surface area contributed by atoms with Crippen LogP contribution in [0.25, 0.3) is 0 Å². The van der Waals surface area contributed by atoms with Crippen molar-refractivity contribution in [2.24, 2.45) is 0 Å². The van der Waals surface area contributed by atoms with Gasteiger partial charge in [-0.3, -0.25) is 0 Å². The second-order valence-corrected chi connectivity index (χ2v) is 9.83. The number of hydrogen-bond acceptors (Lipinski definition) is 4. The monoisotopic (exact) mass is 434 g/mol. The van der Waals surface area contributed by atoms with Crippen molar-refractivity contribution in [2.75, 3.05) is 32.7 Å². The zero-order chi connectivity index (χ0) is 21.5. The van der Waals surface area contributed by atoms with E-state index in [4.69, 9.17) is 0 Å². The first-order valence-electron chi connectivity index (χ1n) is 10.5. The molecule has 1 heterocycles. The molecule has 0 radical (unpaired) electrons. The lowest BCUT2D eigenvalue weighted by Gasteiger charge is -2.29. The van der Waals surface area contributed by atoms with Crippen molar-refractivity contribution < 1.29 is 21.6 Å². The van der Waals surface area contributed by atoms with Gasteiger partial charge in [0, 0.05) is 6.04 Å². The van der Waals surface area contributed by atoms with Crippen molar-refractivity contribution in [1.29, 1.82) is 0 Å². The Morgan fingerprint density at radius 1 is 1.07 bits per heavy atom. The van der Waals surface area contributed by atoms with E-state index in [0.29, 0.717) is 6.42 Å². The average Bonchev–Trinajstić information content (AvgIpc) is 2.93. The fourth-order valence-electron chi connectivity index (χ4n) is 3.96.